The zero-order chi connectivity index (χ0) is 29.1. The molecule has 2 saturated heterocycles. The summed E-state index contributed by atoms with van der Waals surface area (Å²) in [6, 6.07) is 0. The maximum atomic E-state index is 10.9. The van der Waals surface area contributed by atoms with E-state index in [1.54, 1.807) is 28.1 Å². The maximum Gasteiger partial charge on any atom is 0.308 e. The minimum absolute atomic E-state index is 0.213. The van der Waals surface area contributed by atoms with Crippen molar-refractivity contribution >= 4 is 11.9 Å². The molecule has 0 atom stereocenters. The SMILES string of the molecule is C1COCC[NH2+]1.C1COCC[NH2+]1.CCOC(=O)CCOCCOC.CCOC(=O)CCOCCOCCOC. The van der Waals surface area contributed by atoms with Crippen LogP contribution in [0.5, 0.6) is 0 Å². The third kappa shape index (κ3) is 38.8. The molecule has 0 amide bonds. The van der Waals surface area contributed by atoms with Gasteiger partial charge < -0.3 is 53.3 Å². The Kier molecular flexibility index (Phi) is 37.3. The molecule has 0 aliphatic carbocycles. The molecule has 0 saturated carbocycles. The third-order valence-corrected chi connectivity index (χ3v) is 4.61. The molecule has 13 heteroatoms. The lowest BCUT2D eigenvalue weighted by atomic mass is 10.5. The molecule has 0 bridgehead atoms. The molecule has 0 aromatic carbocycles. The normalized spacial score (nSPS) is 14.4. The molecule has 13 nitrogen and oxygen atoms in total. The van der Waals surface area contributed by atoms with Crippen LogP contribution in [0.2, 0.25) is 0 Å². The third-order valence-electron chi connectivity index (χ3n) is 4.61. The summed E-state index contributed by atoms with van der Waals surface area (Å²) in [7, 11) is 3.23. The fourth-order valence-electron chi connectivity index (χ4n) is 2.65. The first-order chi connectivity index (χ1) is 19.1. The van der Waals surface area contributed by atoms with E-state index in [0.717, 1.165) is 52.6 Å². The molecule has 0 radical (unpaired) electrons. The fourth-order valence-corrected chi connectivity index (χ4v) is 2.65. The van der Waals surface area contributed by atoms with Crippen molar-refractivity contribution in [2.75, 3.05) is 133 Å². The highest BCUT2D eigenvalue weighted by Gasteiger charge is 2.01. The van der Waals surface area contributed by atoms with Crippen LogP contribution in [-0.2, 0) is 52.2 Å². The zero-order valence-corrected chi connectivity index (χ0v) is 24.8. The number of carbonyl (C=O) groups excluding carboxylic acids is 2. The number of morpholine rings is 2. The molecule has 2 fully saturated rings. The molecule has 0 aromatic rings. The maximum absolute atomic E-state index is 10.9. The summed E-state index contributed by atoms with van der Waals surface area (Å²) in [4.78, 5) is 21.6. The minimum Gasteiger partial charge on any atom is -0.466 e. The van der Waals surface area contributed by atoms with Gasteiger partial charge in [-0.25, -0.2) is 0 Å². The molecule has 0 spiro atoms. The van der Waals surface area contributed by atoms with E-state index in [0.29, 0.717) is 78.9 Å². The molecule has 234 valence electrons. The monoisotopic (exact) mass is 572 g/mol. The summed E-state index contributed by atoms with van der Waals surface area (Å²) in [5, 5.41) is 4.53. The number of ether oxygens (including phenoxy) is 9. The molecular formula is C26H56N2O11+2. The van der Waals surface area contributed by atoms with Gasteiger partial charge in [0.1, 0.15) is 0 Å². The van der Waals surface area contributed by atoms with Crippen LogP contribution in [0, 0.1) is 0 Å². The quantitative estimate of drug-likeness (QED) is 0.153. The van der Waals surface area contributed by atoms with Crippen LogP contribution < -0.4 is 10.6 Å². The summed E-state index contributed by atoms with van der Waals surface area (Å²) in [5.74, 6) is -0.437. The molecule has 4 N–H and O–H groups in total. The van der Waals surface area contributed by atoms with E-state index in [2.05, 4.69) is 10.6 Å². The number of esters is 2. The number of hydrogen-bond acceptors (Lipinski definition) is 11. The van der Waals surface area contributed by atoms with Crippen molar-refractivity contribution < 1.29 is 62.9 Å². The first-order valence-electron chi connectivity index (χ1n) is 13.9. The van der Waals surface area contributed by atoms with Gasteiger partial charge in [-0.05, 0) is 13.8 Å². The number of rotatable bonds is 17. The lowest BCUT2D eigenvalue weighted by Gasteiger charge is -2.07. The van der Waals surface area contributed by atoms with E-state index in [4.69, 9.17) is 42.6 Å². The number of carbonyl (C=O) groups is 2. The summed E-state index contributed by atoms with van der Waals surface area (Å²) >= 11 is 0. The second-order valence-corrected chi connectivity index (χ2v) is 7.89. The Morgan fingerprint density at radius 2 is 0.897 bits per heavy atom. The van der Waals surface area contributed by atoms with Crippen molar-refractivity contribution in [2.45, 2.75) is 26.7 Å². The lowest BCUT2D eigenvalue weighted by Crippen LogP contribution is -2.87. The topological polar surface area (TPSA) is 150 Å². The standard InChI is InChI=1S/C10H20O5.C8H16O4.2C4H9NO/c1-3-15-10(11)4-5-13-8-9-14-7-6-12-2;1-3-12-8(9)4-5-11-7-6-10-2;2*1-3-6-4-2-5-1/h3-9H2,1-2H3;3-7H2,1-2H3;2*5H,1-4H2/p+2. The van der Waals surface area contributed by atoms with Crippen molar-refractivity contribution in [2.24, 2.45) is 0 Å². The van der Waals surface area contributed by atoms with Crippen molar-refractivity contribution in [1.29, 1.82) is 0 Å². The number of nitrogens with two attached hydrogens (primary N) is 2. The lowest BCUT2D eigenvalue weighted by molar-refractivity contribution is -0.670. The minimum atomic E-state index is -0.224. The predicted octanol–water partition coefficient (Wildman–Crippen LogP) is -1.62. The summed E-state index contributed by atoms with van der Waals surface area (Å²) in [6.45, 7) is 16.8. The van der Waals surface area contributed by atoms with Crippen molar-refractivity contribution in [1.82, 2.24) is 0 Å². The van der Waals surface area contributed by atoms with E-state index >= 15 is 0 Å². The van der Waals surface area contributed by atoms with E-state index in [-0.39, 0.29) is 11.9 Å². The molecule has 0 unspecified atom stereocenters. The second-order valence-electron chi connectivity index (χ2n) is 7.89. The van der Waals surface area contributed by atoms with Crippen LogP contribution in [0.1, 0.15) is 26.7 Å². The van der Waals surface area contributed by atoms with Crippen molar-refractivity contribution in [3.05, 3.63) is 0 Å². The smallest absolute Gasteiger partial charge is 0.308 e. The van der Waals surface area contributed by atoms with E-state index < -0.39 is 0 Å². The van der Waals surface area contributed by atoms with E-state index in [1.165, 1.54) is 0 Å². The van der Waals surface area contributed by atoms with Gasteiger partial charge in [-0.3, -0.25) is 9.59 Å². The first kappa shape index (κ1) is 39.7. The molecule has 2 heterocycles. The Bertz CT molecular complexity index is 460. The Morgan fingerprint density at radius 3 is 1.15 bits per heavy atom. The predicted molar refractivity (Wildman–Crippen MR) is 144 cm³/mol. The highest BCUT2D eigenvalue weighted by Crippen LogP contribution is 1.89. The highest BCUT2D eigenvalue weighted by molar-refractivity contribution is 5.69. The number of hydrogen-bond donors (Lipinski definition) is 2. The Labute approximate surface area is 234 Å². The molecular weight excluding hydrogens is 516 g/mol. The molecule has 2 rings (SSSR count). The van der Waals surface area contributed by atoms with Crippen LogP contribution in [0.25, 0.3) is 0 Å². The Morgan fingerprint density at radius 1 is 0.564 bits per heavy atom. The largest absolute Gasteiger partial charge is 0.466 e. The molecule has 0 aromatic heterocycles. The van der Waals surface area contributed by atoms with Crippen LogP contribution >= 0.6 is 0 Å². The number of quaternary nitrogens is 2. The van der Waals surface area contributed by atoms with E-state index in [9.17, 15) is 9.59 Å². The highest BCUT2D eigenvalue weighted by atomic mass is 16.6. The Hall–Kier alpha value is -1.42. The van der Waals surface area contributed by atoms with Crippen LogP contribution in [0.15, 0.2) is 0 Å². The summed E-state index contributed by atoms with van der Waals surface area (Å²) in [6.07, 6.45) is 0.615. The zero-order valence-electron chi connectivity index (χ0n) is 24.8. The van der Waals surface area contributed by atoms with Gasteiger partial charge in [-0.15, -0.1) is 0 Å². The summed E-state index contributed by atoms with van der Waals surface area (Å²) in [5.41, 5.74) is 0. The summed E-state index contributed by atoms with van der Waals surface area (Å²) < 4.78 is 44.5. The van der Waals surface area contributed by atoms with Crippen molar-refractivity contribution in [3.63, 3.8) is 0 Å². The molecule has 2 aliphatic heterocycles. The average molecular weight is 573 g/mol. The van der Waals surface area contributed by atoms with Gasteiger partial charge in [0.2, 0.25) is 0 Å². The second kappa shape index (κ2) is 36.6. The molecule has 2 aliphatic rings. The van der Waals surface area contributed by atoms with Gasteiger partial charge in [0.15, 0.2) is 0 Å². The van der Waals surface area contributed by atoms with Gasteiger partial charge in [0.25, 0.3) is 0 Å². The fraction of sp³-hybridized carbons (Fsp3) is 0.923. The van der Waals surface area contributed by atoms with Crippen molar-refractivity contribution in [3.8, 4) is 0 Å². The average Bonchev–Trinajstić information content (AvgIpc) is 2.97. The van der Waals surface area contributed by atoms with Crippen LogP contribution in [-0.4, -0.2) is 145 Å². The van der Waals surface area contributed by atoms with Crippen LogP contribution in [0.4, 0.5) is 0 Å². The van der Waals surface area contributed by atoms with Gasteiger partial charge >= 0.3 is 11.9 Å². The van der Waals surface area contributed by atoms with Crippen LogP contribution in [0.3, 0.4) is 0 Å². The van der Waals surface area contributed by atoms with E-state index in [1.807, 2.05) is 0 Å². The Balaban J connectivity index is 0. The number of methoxy groups -OCH3 is 2. The van der Waals surface area contributed by atoms with Gasteiger partial charge in [-0.2, -0.15) is 0 Å². The van der Waals surface area contributed by atoms with Gasteiger partial charge in [-0.1, -0.05) is 0 Å². The first-order valence-corrected chi connectivity index (χ1v) is 13.9. The molecule has 39 heavy (non-hydrogen) atoms. The van der Waals surface area contributed by atoms with Gasteiger partial charge in [0, 0.05) is 14.2 Å². The van der Waals surface area contributed by atoms with Gasteiger partial charge in [0.05, 0.1) is 132 Å².